The van der Waals surface area contributed by atoms with Gasteiger partial charge < -0.3 is 9.47 Å². The number of nitrogens with zero attached hydrogens (tertiary/aromatic N) is 1. The SMILES string of the molecule is CCSCc1nc(C(OC)OC)cs1. The van der Waals surface area contributed by atoms with Gasteiger partial charge in [-0.05, 0) is 5.75 Å². The molecule has 0 aliphatic rings. The number of aromatic nitrogens is 1. The van der Waals surface area contributed by atoms with E-state index in [1.807, 2.05) is 17.1 Å². The van der Waals surface area contributed by atoms with Crippen molar-refractivity contribution in [2.75, 3.05) is 20.0 Å². The monoisotopic (exact) mass is 233 g/mol. The summed E-state index contributed by atoms with van der Waals surface area (Å²) in [5.41, 5.74) is 0.867. The number of ether oxygens (including phenoxy) is 2. The van der Waals surface area contributed by atoms with Crippen LogP contribution in [0.15, 0.2) is 5.38 Å². The second kappa shape index (κ2) is 6.40. The third-order valence-electron chi connectivity index (χ3n) is 1.67. The zero-order chi connectivity index (χ0) is 10.4. The van der Waals surface area contributed by atoms with Crippen LogP contribution in [-0.2, 0) is 15.2 Å². The highest BCUT2D eigenvalue weighted by Crippen LogP contribution is 2.22. The Morgan fingerprint density at radius 1 is 1.50 bits per heavy atom. The molecule has 80 valence electrons. The van der Waals surface area contributed by atoms with E-state index < -0.39 is 0 Å². The first-order chi connectivity index (χ1) is 6.81. The first-order valence-electron chi connectivity index (χ1n) is 4.39. The van der Waals surface area contributed by atoms with E-state index in [0.717, 1.165) is 22.2 Å². The van der Waals surface area contributed by atoms with Gasteiger partial charge in [-0.3, -0.25) is 0 Å². The Morgan fingerprint density at radius 3 is 2.79 bits per heavy atom. The van der Waals surface area contributed by atoms with Crippen LogP contribution in [0.4, 0.5) is 0 Å². The van der Waals surface area contributed by atoms with E-state index in [4.69, 9.17) is 9.47 Å². The molecule has 0 N–H and O–H groups in total. The molecular formula is C9H15NO2S2. The van der Waals surface area contributed by atoms with E-state index in [2.05, 4.69) is 11.9 Å². The highest BCUT2D eigenvalue weighted by atomic mass is 32.2. The number of hydrogen-bond acceptors (Lipinski definition) is 5. The van der Waals surface area contributed by atoms with Gasteiger partial charge in [0.2, 0.25) is 6.29 Å². The second-order valence-electron chi connectivity index (χ2n) is 2.61. The van der Waals surface area contributed by atoms with Crippen molar-refractivity contribution in [1.29, 1.82) is 0 Å². The van der Waals surface area contributed by atoms with Crippen LogP contribution in [0, 0.1) is 0 Å². The molecule has 0 saturated heterocycles. The lowest BCUT2D eigenvalue weighted by atomic mass is 10.5. The van der Waals surface area contributed by atoms with Crippen LogP contribution >= 0.6 is 23.1 Å². The average molecular weight is 233 g/mol. The van der Waals surface area contributed by atoms with Crippen LogP contribution in [0.25, 0.3) is 0 Å². The molecule has 0 aliphatic heterocycles. The lowest BCUT2D eigenvalue weighted by molar-refractivity contribution is -0.108. The summed E-state index contributed by atoms with van der Waals surface area (Å²) in [6.07, 6.45) is -0.327. The maximum Gasteiger partial charge on any atom is 0.201 e. The molecule has 0 aromatic carbocycles. The third kappa shape index (κ3) is 3.24. The summed E-state index contributed by atoms with van der Waals surface area (Å²) in [7, 11) is 3.24. The molecule has 0 amide bonds. The number of hydrogen-bond donors (Lipinski definition) is 0. The van der Waals surface area contributed by atoms with E-state index in [0.29, 0.717) is 0 Å². The molecule has 0 unspecified atom stereocenters. The van der Waals surface area contributed by atoms with Crippen molar-refractivity contribution in [2.24, 2.45) is 0 Å². The summed E-state index contributed by atoms with van der Waals surface area (Å²) in [6, 6.07) is 0. The standard InChI is InChI=1S/C9H15NO2S2/c1-4-13-6-8-10-7(5-14-8)9(11-2)12-3/h5,9H,4,6H2,1-3H3. The van der Waals surface area contributed by atoms with Gasteiger partial charge in [-0.25, -0.2) is 4.98 Å². The molecule has 1 aromatic rings. The highest BCUT2D eigenvalue weighted by Gasteiger charge is 2.12. The summed E-state index contributed by atoms with van der Waals surface area (Å²) >= 11 is 3.52. The molecule has 3 nitrogen and oxygen atoms in total. The minimum absolute atomic E-state index is 0.327. The maximum atomic E-state index is 5.12. The summed E-state index contributed by atoms with van der Waals surface area (Å²) < 4.78 is 10.2. The van der Waals surface area contributed by atoms with Gasteiger partial charge in [0.1, 0.15) is 10.7 Å². The molecule has 0 saturated carbocycles. The van der Waals surface area contributed by atoms with Crippen molar-refractivity contribution in [3.05, 3.63) is 16.1 Å². The Balaban J connectivity index is 2.57. The fraction of sp³-hybridized carbons (Fsp3) is 0.667. The number of methoxy groups -OCH3 is 2. The molecule has 1 heterocycles. The molecule has 1 rings (SSSR count). The average Bonchev–Trinajstić information content (AvgIpc) is 2.65. The maximum absolute atomic E-state index is 5.12. The molecule has 0 bridgehead atoms. The van der Waals surface area contributed by atoms with Gasteiger partial charge in [-0.15, -0.1) is 11.3 Å². The van der Waals surface area contributed by atoms with Crippen molar-refractivity contribution in [1.82, 2.24) is 4.98 Å². The van der Waals surface area contributed by atoms with E-state index in [1.165, 1.54) is 0 Å². The minimum atomic E-state index is -0.327. The van der Waals surface area contributed by atoms with Gasteiger partial charge in [0, 0.05) is 25.4 Å². The fourth-order valence-corrected chi connectivity index (χ4v) is 2.57. The van der Waals surface area contributed by atoms with E-state index in [-0.39, 0.29) is 6.29 Å². The van der Waals surface area contributed by atoms with Gasteiger partial charge in [-0.1, -0.05) is 6.92 Å². The quantitative estimate of drug-likeness (QED) is 0.707. The molecule has 0 radical (unpaired) electrons. The van der Waals surface area contributed by atoms with Gasteiger partial charge in [0.05, 0.1) is 0 Å². The van der Waals surface area contributed by atoms with Crippen molar-refractivity contribution in [3.63, 3.8) is 0 Å². The third-order valence-corrected chi connectivity index (χ3v) is 3.60. The Hall–Kier alpha value is -0.100. The largest absolute Gasteiger partial charge is 0.350 e. The minimum Gasteiger partial charge on any atom is -0.350 e. The first kappa shape index (κ1) is 12.0. The van der Waals surface area contributed by atoms with E-state index in [9.17, 15) is 0 Å². The molecule has 14 heavy (non-hydrogen) atoms. The van der Waals surface area contributed by atoms with Gasteiger partial charge in [0.15, 0.2) is 0 Å². The van der Waals surface area contributed by atoms with Crippen LogP contribution < -0.4 is 0 Å². The number of rotatable bonds is 6. The Kier molecular flexibility index (Phi) is 5.47. The van der Waals surface area contributed by atoms with Crippen LogP contribution in [0.5, 0.6) is 0 Å². The molecule has 0 atom stereocenters. The topological polar surface area (TPSA) is 31.4 Å². The zero-order valence-electron chi connectivity index (χ0n) is 8.65. The molecular weight excluding hydrogens is 218 g/mol. The number of thioether (sulfide) groups is 1. The Labute approximate surface area is 92.8 Å². The predicted octanol–water partition coefficient (Wildman–Crippen LogP) is 2.69. The summed E-state index contributed by atoms with van der Waals surface area (Å²) in [6.45, 7) is 2.15. The van der Waals surface area contributed by atoms with Crippen molar-refractivity contribution in [2.45, 2.75) is 19.0 Å². The number of thiazole rings is 1. The summed E-state index contributed by atoms with van der Waals surface area (Å²) in [5, 5.41) is 3.12. The summed E-state index contributed by atoms with van der Waals surface area (Å²) in [4.78, 5) is 4.44. The van der Waals surface area contributed by atoms with Crippen molar-refractivity contribution in [3.8, 4) is 0 Å². The lowest BCUT2D eigenvalue weighted by Crippen LogP contribution is -2.03. The predicted molar refractivity (Wildman–Crippen MR) is 60.7 cm³/mol. The zero-order valence-corrected chi connectivity index (χ0v) is 10.3. The summed E-state index contributed by atoms with van der Waals surface area (Å²) in [5.74, 6) is 2.09. The molecule has 0 spiro atoms. The van der Waals surface area contributed by atoms with E-state index >= 15 is 0 Å². The smallest absolute Gasteiger partial charge is 0.201 e. The molecule has 0 fully saturated rings. The lowest BCUT2D eigenvalue weighted by Gasteiger charge is -2.09. The highest BCUT2D eigenvalue weighted by molar-refractivity contribution is 7.98. The fourth-order valence-electron chi connectivity index (χ4n) is 1.03. The van der Waals surface area contributed by atoms with Gasteiger partial charge in [0.25, 0.3) is 0 Å². The van der Waals surface area contributed by atoms with E-state index in [1.54, 1.807) is 25.6 Å². The van der Waals surface area contributed by atoms with Gasteiger partial charge in [-0.2, -0.15) is 11.8 Å². The second-order valence-corrected chi connectivity index (χ2v) is 4.82. The first-order valence-corrected chi connectivity index (χ1v) is 6.42. The van der Waals surface area contributed by atoms with Crippen LogP contribution in [0.1, 0.15) is 23.9 Å². The normalized spacial score (nSPS) is 11.1. The van der Waals surface area contributed by atoms with Crippen molar-refractivity contribution < 1.29 is 9.47 Å². The van der Waals surface area contributed by atoms with Crippen LogP contribution in [0.3, 0.4) is 0 Å². The van der Waals surface area contributed by atoms with Crippen LogP contribution in [0.2, 0.25) is 0 Å². The molecule has 1 aromatic heterocycles. The van der Waals surface area contributed by atoms with Crippen molar-refractivity contribution >= 4 is 23.1 Å². The Morgan fingerprint density at radius 2 is 2.21 bits per heavy atom. The molecule has 5 heteroatoms. The van der Waals surface area contributed by atoms with Crippen LogP contribution in [-0.4, -0.2) is 25.0 Å². The Bertz CT molecular complexity index is 261. The van der Waals surface area contributed by atoms with Gasteiger partial charge >= 0.3 is 0 Å². The molecule has 0 aliphatic carbocycles.